The first-order valence-corrected chi connectivity index (χ1v) is 5.57. The molecule has 1 saturated heterocycles. The topological polar surface area (TPSA) is 93.1 Å². The summed E-state index contributed by atoms with van der Waals surface area (Å²) in [5.74, 6) is 2.83. The van der Waals surface area contributed by atoms with E-state index in [4.69, 9.17) is 10.2 Å². The van der Waals surface area contributed by atoms with Crippen LogP contribution < -0.4 is 0 Å². The number of hydrogen-bond donors (Lipinski definition) is 2. The Kier molecular flexibility index (Phi) is 8.75. The minimum absolute atomic E-state index is 0.276. The Hall–Kier alpha value is -1.11. The van der Waals surface area contributed by atoms with Crippen molar-refractivity contribution in [3.05, 3.63) is 0 Å². The molecule has 0 amide bonds. The third-order valence-corrected chi connectivity index (χ3v) is 2.52. The van der Waals surface area contributed by atoms with Crippen LogP contribution in [0, 0.1) is 0 Å². The maximum absolute atomic E-state index is 9.62. The zero-order valence-electron chi connectivity index (χ0n) is 8.18. The molecule has 0 spiro atoms. The van der Waals surface area contributed by atoms with E-state index >= 15 is 0 Å². The molecule has 6 nitrogen and oxygen atoms in total. The molecule has 1 aliphatic rings. The number of thioether (sulfide) groups is 1. The van der Waals surface area contributed by atoms with Crippen LogP contribution >= 0.6 is 11.8 Å². The summed E-state index contributed by atoms with van der Waals surface area (Å²) in [5.41, 5.74) is 0. The molecule has 2 N–H and O–H groups in total. The minimum Gasteiger partial charge on any atom is -0.450 e. The van der Waals surface area contributed by atoms with E-state index in [0.29, 0.717) is 0 Å². The van der Waals surface area contributed by atoms with Gasteiger partial charge in [-0.1, -0.05) is 0 Å². The molecule has 88 valence electrons. The highest BCUT2D eigenvalue weighted by Crippen LogP contribution is 2.14. The van der Waals surface area contributed by atoms with E-state index in [1.165, 1.54) is 24.3 Å². The molecule has 0 saturated carbocycles. The standard InChI is InChI=1S/C4H6O6.C4H8S/c5-3(6)9-1-2-10-4(7)8;1-2-4-5-3-1/h1-2H2,(H,5,6)(H,7,8);1-4H2. The summed E-state index contributed by atoms with van der Waals surface area (Å²) in [7, 11) is 0. The lowest BCUT2D eigenvalue weighted by molar-refractivity contribution is 0.0472. The Morgan fingerprint density at radius 3 is 1.60 bits per heavy atom. The summed E-state index contributed by atoms with van der Waals surface area (Å²) >= 11 is 2.07. The molecule has 0 atom stereocenters. The largest absolute Gasteiger partial charge is 0.505 e. The molecule has 0 aromatic carbocycles. The van der Waals surface area contributed by atoms with E-state index in [-0.39, 0.29) is 13.2 Å². The second-order valence-electron chi connectivity index (χ2n) is 2.55. The molecule has 0 unspecified atom stereocenters. The summed E-state index contributed by atoms with van der Waals surface area (Å²) in [4.78, 5) is 19.2. The van der Waals surface area contributed by atoms with Gasteiger partial charge in [0.2, 0.25) is 0 Å². The van der Waals surface area contributed by atoms with Crippen LogP contribution in [0.25, 0.3) is 0 Å². The van der Waals surface area contributed by atoms with Crippen LogP contribution in [0.5, 0.6) is 0 Å². The van der Waals surface area contributed by atoms with Gasteiger partial charge in [0.15, 0.2) is 0 Å². The average Bonchev–Trinajstić information content (AvgIpc) is 2.69. The van der Waals surface area contributed by atoms with Crippen molar-refractivity contribution < 1.29 is 29.3 Å². The highest BCUT2D eigenvalue weighted by atomic mass is 32.2. The first-order valence-electron chi connectivity index (χ1n) is 4.42. The van der Waals surface area contributed by atoms with Gasteiger partial charge in [-0.05, 0) is 24.3 Å². The van der Waals surface area contributed by atoms with Gasteiger partial charge in [0.1, 0.15) is 13.2 Å². The molecule has 1 heterocycles. The Morgan fingerprint density at radius 2 is 1.40 bits per heavy atom. The van der Waals surface area contributed by atoms with Gasteiger partial charge in [-0.3, -0.25) is 0 Å². The van der Waals surface area contributed by atoms with Crippen molar-refractivity contribution in [3.8, 4) is 0 Å². The molecule has 15 heavy (non-hydrogen) atoms. The van der Waals surface area contributed by atoms with Crippen molar-refractivity contribution in [2.75, 3.05) is 24.7 Å². The zero-order chi connectivity index (χ0) is 11.5. The summed E-state index contributed by atoms with van der Waals surface area (Å²) in [6, 6.07) is 0. The zero-order valence-corrected chi connectivity index (χ0v) is 8.99. The highest BCUT2D eigenvalue weighted by molar-refractivity contribution is 7.99. The molecule has 0 radical (unpaired) electrons. The van der Waals surface area contributed by atoms with Crippen LogP contribution in [0.2, 0.25) is 0 Å². The lowest BCUT2D eigenvalue weighted by Crippen LogP contribution is -2.10. The van der Waals surface area contributed by atoms with Crippen molar-refractivity contribution in [1.82, 2.24) is 0 Å². The maximum Gasteiger partial charge on any atom is 0.505 e. The van der Waals surface area contributed by atoms with Crippen molar-refractivity contribution >= 4 is 24.1 Å². The minimum atomic E-state index is -1.45. The first-order chi connectivity index (χ1) is 7.13. The van der Waals surface area contributed by atoms with E-state index < -0.39 is 12.3 Å². The molecule has 1 fully saturated rings. The molecule has 0 bridgehead atoms. The number of carbonyl (C=O) groups is 2. The molecule has 0 aliphatic carbocycles. The van der Waals surface area contributed by atoms with E-state index in [9.17, 15) is 9.59 Å². The predicted molar refractivity (Wildman–Crippen MR) is 54.5 cm³/mol. The van der Waals surface area contributed by atoms with Gasteiger partial charge in [0, 0.05) is 0 Å². The van der Waals surface area contributed by atoms with Crippen molar-refractivity contribution in [2.24, 2.45) is 0 Å². The molecule has 1 aliphatic heterocycles. The second kappa shape index (κ2) is 9.45. The summed E-state index contributed by atoms with van der Waals surface area (Å²) in [5, 5.41) is 15.7. The Balaban J connectivity index is 0.000000322. The Morgan fingerprint density at radius 1 is 1.00 bits per heavy atom. The van der Waals surface area contributed by atoms with Gasteiger partial charge in [0.05, 0.1) is 0 Å². The fourth-order valence-corrected chi connectivity index (χ4v) is 1.79. The number of rotatable bonds is 3. The summed E-state index contributed by atoms with van der Waals surface area (Å²) in [6.07, 6.45) is 0.0259. The van der Waals surface area contributed by atoms with Gasteiger partial charge < -0.3 is 19.7 Å². The lowest BCUT2D eigenvalue weighted by Gasteiger charge is -1.98. The quantitative estimate of drug-likeness (QED) is 0.572. The number of carboxylic acid groups (broad SMARTS) is 2. The normalized spacial score (nSPS) is 13.6. The predicted octanol–water partition coefficient (Wildman–Crippen LogP) is 1.89. The van der Waals surface area contributed by atoms with Crippen LogP contribution in [-0.2, 0) is 9.47 Å². The monoisotopic (exact) mass is 238 g/mol. The maximum atomic E-state index is 9.62. The molecule has 0 aromatic rings. The van der Waals surface area contributed by atoms with E-state index in [1.807, 2.05) is 0 Å². The van der Waals surface area contributed by atoms with Crippen molar-refractivity contribution in [3.63, 3.8) is 0 Å². The van der Waals surface area contributed by atoms with Gasteiger partial charge in [-0.25, -0.2) is 9.59 Å². The third kappa shape index (κ3) is 12.9. The van der Waals surface area contributed by atoms with E-state index in [1.54, 1.807) is 0 Å². The van der Waals surface area contributed by atoms with Crippen LogP contribution in [0.1, 0.15) is 12.8 Å². The third-order valence-electron chi connectivity index (χ3n) is 1.36. The molecule has 1 rings (SSSR count). The van der Waals surface area contributed by atoms with Crippen LogP contribution in [-0.4, -0.2) is 47.2 Å². The smallest absolute Gasteiger partial charge is 0.450 e. The van der Waals surface area contributed by atoms with Crippen molar-refractivity contribution in [1.29, 1.82) is 0 Å². The van der Waals surface area contributed by atoms with Crippen molar-refractivity contribution in [2.45, 2.75) is 12.8 Å². The SMILES string of the molecule is C1CCSC1.O=C(O)OCCOC(=O)O. The highest BCUT2D eigenvalue weighted by Gasteiger charge is 1.98. The Bertz CT molecular complexity index is 168. The number of ether oxygens (including phenoxy) is 2. The molecular formula is C8H14O6S. The van der Waals surface area contributed by atoms with E-state index in [0.717, 1.165) is 0 Å². The van der Waals surface area contributed by atoms with Gasteiger partial charge >= 0.3 is 12.3 Å². The second-order valence-corrected chi connectivity index (χ2v) is 3.77. The van der Waals surface area contributed by atoms with E-state index in [2.05, 4.69) is 21.2 Å². The Labute approximate surface area is 91.6 Å². The molecule has 0 aromatic heterocycles. The fourth-order valence-electron chi connectivity index (χ4n) is 0.768. The number of hydrogen-bond acceptors (Lipinski definition) is 5. The summed E-state index contributed by atoms with van der Waals surface area (Å²) in [6.45, 7) is -0.552. The van der Waals surface area contributed by atoms with Crippen LogP contribution in [0.4, 0.5) is 9.59 Å². The van der Waals surface area contributed by atoms with Gasteiger partial charge in [-0.15, -0.1) is 0 Å². The summed E-state index contributed by atoms with van der Waals surface area (Å²) < 4.78 is 7.84. The van der Waals surface area contributed by atoms with Crippen LogP contribution in [0.15, 0.2) is 0 Å². The molecular weight excluding hydrogens is 224 g/mol. The van der Waals surface area contributed by atoms with Gasteiger partial charge in [0.25, 0.3) is 0 Å². The average molecular weight is 238 g/mol. The lowest BCUT2D eigenvalue weighted by atomic mass is 10.4. The first kappa shape index (κ1) is 13.9. The van der Waals surface area contributed by atoms with Crippen LogP contribution in [0.3, 0.4) is 0 Å². The molecule has 7 heteroatoms. The fraction of sp³-hybridized carbons (Fsp3) is 0.750. The van der Waals surface area contributed by atoms with Gasteiger partial charge in [-0.2, -0.15) is 11.8 Å².